The summed E-state index contributed by atoms with van der Waals surface area (Å²) < 4.78 is 0. The number of carbonyl (C=O) groups excluding carboxylic acids is 5. The van der Waals surface area contributed by atoms with Crippen molar-refractivity contribution < 1.29 is 33.9 Å². The van der Waals surface area contributed by atoms with Crippen molar-refractivity contribution in [2.24, 2.45) is 17.2 Å². The lowest BCUT2D eigenvalue weighted by Crippen LogP contribution is -2.58. The van der Waals surface area contributed by atoms with E-state index in [-0.39, 0.29) is 37.2 Å². The second-order valence-corrected chi connectivity index (χ2v) is 7.23. The Morgan fingerprint density at radius 3 is 1.48 bits per heavy atom. The number of carbonyl (C=O) groups is 6. The average Bonchev–Trinajstić information content (AvgIpc) is 2.70. The number of rotatable bonds is 15. The van der Waals surface area contributed by atoms with Gasteiger partial charge in [-0.15, -0.1) is 0 Å². The number of aliphatic carboxylic acids is 1. The number of carboxylic acids is 1. The summed E-state index contributed by atoms with van der Waals surface area (Å²) in [6.45, 7) is 0. The van der Waals surface area contributed by atoms with Gasteiger partial charge < -0.3 is 38.3 Å². The van der Waals surface area contributed by atoms with Crippen molar-refractivity contribution in [2.75, 3.05) is 11.5 Å². The summed E-state index contributed by atoms with van der Waals surface area (Å²) in [5.41, 5.74) is 15.6. The smallest absolute Gasteiger partial charge is 0.326 e. The summed E-state index contributed by atoms with van der Waals surface area (Å²) in [5, 5.41) is 16.0. The van der Waals surface area contributed by atoms with E-state index in [1.165, 1.54) is 0 Å². The Morgan fingerprint density at radius 2 is 1.10 bits per heavy atom. The van der Waals surface area contributed by atoms with Crippen LogP contribution in [0.15, 0.2) is 0 Å². The Balaban J connectivity index is 4.97. The Kier molecular flexibility index (Phi) is 13.3. The molecule has 0 radical (unpaired) electrons. The largest absolute Gasteiger partial charge is 0.480 e. The SMILES string of the molecule is NC(=O)CCC(N)C(=O)NC(CS)C(=O)NC(CS)C(=O)NC(CCC(N)=O)C(=O)O. The molecular weight excluding hydrogens is 452 g/mol. The lowest BCUT2D eigenvalue weighted by molar-refractivity contribution is -0.142. The van der Waals surface area contributed by atoms with E-state index in [0.717, 1.165) is 0 Å². The van der Waals surface area contributed by atoms with Crippen molar-refractivity contribution in [2.45, 2.75) is 49.9 Å². The standard InChI is InChI=1S/C16H28N6O7S2/c17-7(1-3-11(18)23)13(25)21-9(5-30)15(27)22-10(6-31)14(26)20-8(16(28)29)2-4-12(19)24/h7-10,30-31H,1-6,17H2,(H2,18,23)(H2,19,24)(H,20,26)(H,21,25)(H,22,27)(H,28,29). The van der Waals surface area contributed by atoms with E-state index >= 15 is 0 Å². The first kappa shape index (κ1) is 28.5. The number of amides is 5. The van der Waals surface area contributed by atoms with E-state index < -0.39 is 59.7 Å². The van der Waals surface area contributed by atoms with Gasteiger partial charge in [-0.25, -0.2) is 4.79 Å². The molecule has 10 N–H and O–H groups in total. The molecule has 0 saturated carbocycles. The lowest BCUT2D eigenvalue weighted by atomic mass is 10.1. The molecule has 0 heterocycles. The highest BCUT2D eigenvalue weighted by Crippen LogP contribution is 2.01. The fraction of sp³-hybridized carbons (Fsp3) is 0.625. The van der Waals surface area contributed by atoms with Crippen molar-refractivity contribution in [3.63, 3.8) is 0 Å². The van der Waals surface area contributed by atoms with Crippen LogP contribution in [0, 0.1) is 0 Å². The van der Waals surface area contributed by atoms with Crippen LogP contribution in [-0.4, -0.2) is 76.3 Å². The highest BCUT2D eigenvalue weighted by Gasteiger charge is 2.29. The van der Waals surface area contributed by atoms with Gasteiger partial charge in [0.1, 0.15) is 18.1 Å². The van der Waals surface area contributed by atoms with Crippen molar-refractivity contribution >= 4 is 60.8 Å². The lowest BCUT2D eigenvalue weighted by Gasteiger charge is -2.23. The Bertz CT molecular complexity index is 693. The van der Waals surface area contributed by atoms with Gasteiger partial charge in [0.05, 0.1) is 6.04 Å². The minimum atomic E-state index is -1.40. The summed E-state index contributed by atoms with van der Waals surface area (Å²) in [5.74, 6) is -5.45. The maximum Gasteiger partial charge on any atom is 0.326 e. The molecule has 4 unspecified atom stereocenters. The molecule has 0 bridgehead atoms. The van der Waals surface area contributed by atoms with Crippen LogP contribution >= 0.6 is 25.3 Å². The van der Waals surface area contributed by atoms with Crippen molar-refractivity contribution in [1.82, 2.24) is 16.0 Å². The molecule has 0 aromatic carbocycles. The number of hydrogen-bond donors (Lipinski definition) is 9. The van der Waals surface area contributed by atoms with Gasteiger partial charge in [-0.3, -0.25) is 24.0 Å². The summed E-state index contributed by atoms with van der Waals surface area (Å²) in [6.07, 6.45) is -0.637. The van der Waals surface area contributed by atoms with Crippen LogP contribution in [-0.2, 0) is 28.8 Å². The van der Waals surface area contributed by atoms with Crippen LogP contribution < -0.4 is 33.2 Å². The molecule has 0 spiro atoms. The minimum absolute atomic E-state index is 0.0222. The second kappa shape index (κ2) is 14.5. The first-order valence-electron chi connectivity index (χ1n) is 9.10. The normalized spacial score (nSPS) is 14.4. The van der Waals surface area contributed by atoms with Crippen LogP contribution in [0.4, 0.5) is 0 Å². The van der Waals surface area contributed by atoms with E-state index in [2.05, 4.69) is 41.2 Å². The number of carboxylic acid groups (broad SMARTS) is 1. The zero-order valence-electron chi connectivity index (χ0n) is 16.6. The Morgan fingerprint density at radius 1 is 0.710 bits per heavy atom. The molecule has 0 aromatic heterocycles. The Hall–Kier alpha value is -2.52. The molecule has 0 fully saturated rings. The second-order valence-electron chi connectivity index (χ2n) is 6.50. The first-order valence-corrected chi connectivity index (χ1v) is 10.4. The summed E-state index contributed by atoms with van der Waals surface area (Å²) >= 11 is 7.95. The van der Waals surface area contributed by atoms with Crippen LogP contribution in [0.2, 0.25) is 0 Å². The molecule has 13 nitrogen and oxygen atoms in total. The van der Waals surface area contributed by atoms with Gasteiger partial charge in [-0.2, -0.15) is 25.3 Å². The van der Waals surface area contributed by atoms with E-state index in [0.29, 0.717) is 0 Å². The number of hydrogen-bond acceptors (Lipinski definition) is 9. The van der Waals surface area contributed by atoms with Gasteiger partial charge >= 0.3 is 5.97 Å². The van der Waals surface area contributed by atoms with Crippen LogP contribution in [0.1, 0.15) is 25.7 Å². The highest BCUT2D eigenvalue weighted by atomic mass is 32.1. The zero-order valence-corrected chi connectivity index (χ0v) is 18.4. The van der Waals surface area contributed by atoms with E-state index in [1.54, 1.807) is 0 Å². The molecule has 5 amide bonds. The molecule has 0 rings (SSSR count). The highest BCUT2D eigenvalue weighted by molar-refractivity contribution is 7.80. The summed E-state index contributed by atoms with van der Waals surface area (Å²) in [7, 11) is 0. The number of primary amides is 2. The summed E-state index contributed by atoms with van der Waals surface area (Å²) in [6, 6.07) is -4.90. The third-order valence-corrected chi connectivity index (χ3v) is 4.69. The molecule has 0 saturated heterocycles. The molecule has 176 valence electrons. The predicted octanol–water partition coefficient (Wildman–Crippen LogP) is -3.76. The maximum atomic E-state index is 12.4. The van der Waals surface area contributed by atoms with Crippen molar-refractivity contribution in [3.05, 3.63) is 0 Å². The molecule has 15 heteroatoms. The van der Waals surface area contributed by atoms with Crippen molar-refractivity contribution in [3.8, 4) is 0 Å². The fourth-order valence-corrected chi connectivity index (χ4v) is 2.70. The quantitative estimate of drug-likeness (QED) is 0.105. The van der Waals surface area contributed by atoms with Gasteiger partial charge in [0.2, 0.25) is 29.5 Å². The molecule has 0 aliphatic rings. The van der Waals surface area contributed by atoms with Crippen molar-refractivity contribution in [1.29, 1.82) is 0 Å². The van der Waals surface area contributed by atoms with Crippen LogP contribution in [0.3, 0.4) is 0 Å². The third-order valence-electron chi connectivity index (χ3n) is 3.96. The fourth-order valence-electron chi connectivity index (χ4n) is 2.18. The molecule has 0 aromatic rings. The third kappa shape index (κ3) is 11.4. The number of nitrogens with one attached hydrogen (secondary N) is 3. The monoisotopic (exact) mass is 480 g/mol. The van der Waals surface area contributed by atoms with Gasteiger partial charge in [0.25, 0.3) is 0 Å². The molecule has 4 atom stereocenters. The average molecular weight is 481 g/mol. The molecule has 0 aliphatic heterocycles. The maximum absolute atomic E-state index is 12.4. The molecule has 0 aliphatic carbocycles. The van der Waals surface area contributed by atoms with E-state index in [9.17, 15) is 28.8 Å². The van der Waals surface area contributed by atoms with Gasteiger partial charge in [0, 0.05) is 24.3 Å². The van der Waals surface area contributed by atoms with Gasteiger partial charge in [-0.1, -0.05) is 0 Å². The number of thiol groups is 2. The van der Waals surface area contributed by atoms with E-state index in [4.69, 9.17) is 22.3 Å². The Labute approximate surface area is 189 Å². The topological polar surface area (TPSA) is 237 Å². The van der Waals surface area contributed by atoms with Crippen LogP contribution in [0.25, 0.3) is 0 Å². The summed E-state index contributed by atoms with van der Waals surface area (Å²) in [4.78, 5) is 69.7. The predicted molar refractivity (Wildman–Crippen MR) is 116 cm³/mol. The number of nitrogens with two attached hydrogens (primary N) is 3. The first-order chi connectivity index (χ1) is 14.4. The van der Waals surface area contributed by atoms with Crippen LogP contribution in [0.5, 0.6) is 0 Å². The van der Waals surface area contributed by atoms with E-state index in [1.807, 2.05) is 0 Å². The van der Waals surface area contributed by atoms with Gasteiger partial charge in [-0.05, 0) is 12.8 Å². The minimum Gasteiger partial charge on any atom is -0.480 e. The zero-order chi connectivity index (χ0) is 24.1. The molecular formula is C16H28N6O7S2. The van der Waals surface area contributed by atoms with Gasteiger partial charge in [0.15, 0.2) is 0 Å². The molecule has 31 heavy (non-hydrogen) atoms.